The molecule has 0 amide bonds. The third kappa shape index (κ3) is 2.63. The van der Waals surface area contributed by atoms with Gasteiger partial charge in [-0.2, -0.15) is 0 Å². The number of benzene rings is 1. The topological polar surface area (TPSA) is 18.5 Å². The molecule has 1 aromatic rings. The van der Waals surface area contributed by atoms with E-state index in [9.17, 15) is 0 Å². The van der Waals surface area contributed by atoms with Crippen molar-refractivity contribution in [3.8, 4) is 0 Å². The van der Waals surface area contributed by atoms with E-state index in [4.69, 9.17) is 9.47 Å². The Hall–Kier alpha value is -0.860. The first kappa shape index (κ1) is 11.6. The normalized spacial score (nSPS) is 28.2. The van der Waals surface area contributed by atoms with Crippen molar-refractivity contribution >= 4 is 0 Å². The van der Waals surface area contributed by atoms with Gasteiger partial charge >= 0.3 is 0 Å². The van der Waals surface area contributed by atoms with E-state index in [0.29, 0.717) is 0 Å². The number of hydrogen-bond acceptors (Lipinski definition) is 2. The van der Waals surface area contributed by atoms with Crippen LogP contribution < -0.4 is 0 Å². The SMILES string of the molecule is [CH2]CC1OC(C)(C)OC1Cc1ccccc1. The third-order valence-corrected chi connectivity index (χ3v) is 2.85. The molecular formula is C14H19O2. The van der Waals surface area contributed by atoms with E-state index >= 15 is 0 Å². The Morgan fingerprint density at radius 2 is 1.75 bits per heavy atom. The van der Waals surface area contributed by atoms with Crippen LogP contribution in [0.4, 0.5) is 0 Å². The Morgan fingerprint density at radius 1 is 1.12 bits per heavy atom. The van der Waals surface area contributed by atoms with Gasteiger partial charge in [-0.1, -0.05) is 37.3 Å². The molecule has 0 N–H and O–H groups in total. The van der Waals surface area contributed by atoms with Gasteiger partial charge in [0.2, 0.25) is 0 Å². The highest BCUT2D eigenvalue weighted by atomic mass is 16.7. The van der Waals surface area contributed by atoms with Crippen molar-refractivity contribution in [1.82, 2.24) is 0 Å². The van der Waals surface area contributed by atoms with Gasteiger partial charge in [-0.15, -0.1) is 0 Å². The summed E-state index contributed by atoms with van der Waals surface area (Å²) in [7, 11) is 0. The zero-order chi connectivity index (χ0) is 11.6. The molecule has 0 spiro atoms. The second-order valence-corrected chi connectivity index (χ2v) is 4.69. The second kappa shape index (κ2) is 4.56. The van der Waals surface area contributed by atoms with Gasteiger partial charge in [0.15, 0.2) is 5.79 Å². The fraction of sp³-hybridized carbons (Fsp3) is 0.500. The molecule has 0 aliphatic carbocycles. The first-order valence-corrected chi connectivity index (χ1v) is 5.79. The molecule has 1 saturated heterocycles. The zero-order valence-electron chi connectivity index (χ0n) is 9.98. The number of rotatable bonds is 3. The van der Waals surface area contributed by atoms with Crippen LogP contribution in [-0.2, 0) is 15.9 Å². The maximum Gasteiger partial charge on any atom is 0.163 e. The molecule has 0 saturated carbocycles. The van der Waals surface area contributed by atoms with Crippen LogP contribution >= 0.6 is 0 Å². The van der Waals surface area contributed by atoms with Crippen LogP contribution in [0.2, 0.25) is 0 Å². The molecular weight excluding hydrogens is 200 g/mol. The molecule has 2 atom stereocenters. The lowest BCUT2D eigenvalue weighted by atomic mass is 10.0. The van der Waals surface area contributed by atoms with Crippen LogP contribution in [0.15, 0.2) is 30.3 Å². The maximum atomic E-state index is 5.89. The molecule has 0 bridgehead atoms. The minimum Gasteiger partial charge on any atom is -0.345 e. The molecule has 1 aliphatic heterocycles. The van der Waals surface area contributed by atoms with E-state index in [1.165, 1.54) is 5.56 Å². The van der Waals surface area contributed by atoms with Gasteiger partial charge in [0.25, 0.3) is 0 Å². The van der Waals surface area contributed by atoms with Crippen molar-refractivity contribution in [2.75, 3.05) is 0 Å². The Bertz CT molecular complexity index is 332. The second-order valence-electron chi connectivity index (χ2n) is 4.69. The molecule has 1 aromatic carbocycles. The molecule has 1 fully saturated rings. The first-order valence-electron chi connectivity index (χ1n) is 5.79. The average molecular weight is 219 g/mol. The van der Waals surface area contributed by atoms with E-state index in [2.05, 4.69) is 31.2 Å². The van der Waals surface area contributed by atoms with Crippen LogP contribution in [0.5, 0.6) is 0 Å². The van der Waals surface area contributed by atoms with Crippen molar-refractivity contribution < 1.29 is 9.47 Å². The summed E-state index contributed by atoms with van der Waals surface area (Å²) in [5.74, 6) is -0.470. The van der Waals surface area contributed by atoms with Crippen LogP contribution in [0.25, 0.3) is 0 Å². The highest BCUT2D eigenvalue weighted by molar-refractivity contribution is 5.16. The monoisotopic (exact) mass is 219 g/mol. The molecule has 1 heterocycles. The van der Waals surface area contributed by atoms with Crippen molar-refractivity contribution in [2.24, 2.45) is 0 Å². The summed E-state index contributed by atoms with van der Waals surface area (Å²) in [6.07, 6.45) is 1.87. The largest absolute Gasteiger partial charge is 0.345 e. The van der Waals surface area contributed by atoms with Gasteiger partial charge in [-0.3, -0.25) is 0 Å². The van der Waals surface area contributed by atoms with Crippen LogP contribution in [0.1, 0.15) is 25.8 Å². The molecule has 0 aromatic heterocycles. The minimum atomic E-state index is -0.470. The molecule has 1 radical (unpaired) electrons. The summed E-state index contributed by atoms with van der Waals surface area (Å²) in [4.78, 5) is 0. The van der Waals surface area contributed by atoms with Crippen molar-refractivity contribution in [2.45, 2.75) is 44.7 Å². The Kier molecular flexibility index (Phi) is 3.31. The lowest BCUT2D eigenvalue weighted by Gasteiger charge is -2.16. The predicted molar refractivity (Wildman–Crippen MR) is 63.9 cm³/mol. The van der Waals surface area contributed by atoms with E-state index in [1.807, 2.05) is 19.9 Å². The molecule has 2 heteroatoms. The lowest BCUT2D eigenvalue weighted by Crippen LogP contribution is -2.24. The van der Waals surface area contributed by atoms with Gasteiger partial charge < -0.3 is 9.47 Å². The fourth-order valence-corrected chi connectivity index (χ4v) is 2.17. The predicted octanol–water partition coefficient (Wildman–Crippen LogP) is 2.97. The van der Waals surface area contributed by atoms with Gasteiger partial charge in [0, 0.05) is 6.42 Å². The summed E-state index contributed by atoms with van der Waals surface area (Å²) < 4.78 is 11.7. The lowest BCUT2D eigenvalue weighted by molar-refractivity contribution is -0.145. The van der Waals surface area contributed by atoms with Crippen LogP contribution in [-0.4, -0.2) is 18.0 Å². The van der Waals surface area contributed by atoms with Crippen molar-refractivity contribution in [3.63, 3.8) is 0 Å². The van der Waals surface area contributed by atoms with E-state index in [1.54, 1.807) is 0 Å². The Morgan fingerprint density at radius 3 is 2.38 bits per heavy atom. The molecule has 16 heavy (non-hydrogen) atoms. The standard InChI is InChI=1S/C14H19O2/c1-4-12-13(16-14(2,3)15-12)10-11-8-6-5-7-9-11/h5-9,12-13H,1,4,10H2,2-3H3. The molecule has 87 valence electrons. The van der Waals surface area contributed by atoms with Gasteiger partial charge in [-0.25, -0.2) is 0 Å². The molecule has 2 nitrogen and oxygen atoms in total. The highest BCUT2D eigenvalue weighted by Gasteiger charge is 2.39. The fourth-order valence-electron chi connectivity index (χ4n) is 2.17. The quantitative estimate of drug-likeness (QED) is 0.778. The summed E-state index contributed by atoms with van der Waals surface area (Å²) in [5.41, 5.74) is 1.28. The smallest absolute Gasteiger partial charge is 0.163 e. The average Bonchev–Trinajstić information content (AvgIpc) is 2.54. The van der Waals surface area contributed by atoms with Gasteiger partial charge in [-0.05, 0) is 25.8 Å². The summed E-state index contributed by atoms with van der Waals surface area (Å²) in [6.45, 7) is 7.84. The van der Waals surface area contributed by atoms with E-state index in [0.717, 1.165) is 12.8 Å². The zero-order valence-corrected chi connectivity index (χ0v) is 9.98. The minimum absolute atomic E-state index is 0.107. The number of hydrogen-bond donors (Lipinski definition) is 0. The Labute approximate surface area is 97.6 Å². The summed E-state index contributed by atoms with van der Waals surface area (Å²) in [5, 5.41) is 0. The van der Waals surface area contributed by atoms with E-state index in [-0.39, 0.29) is 12.2 Å². The van der Waals surface area contributed by atoms with E-state index < -0.39 is 5.79 Å². The molecule has 2 unspecified atom stereocenters. The summed E-state index contributed by atoms with van der Waals surface area (Å²) in [6, 6.07) is 10.4. The van der Waals surface area contributed by atoms with Crippen molar-refractivity contribution in [1.29, 1.82) is 0 Å². The number of ether oxygens (including phenoxy) is 2. The highest BCUT2D eigenvalue weighted by Crippen LogP contribution is 2.31. The third-order valence-electron chi connectivity index (χ3n) is 2.85. The molecule has 2 rings (SSSR count). The molecule has 1 aliphatic rings. The van der Waals surface area contributed by atoms with Crippen LogP contribution in [0.3, 0.4) is 0 Å². The first-order chi connectivity index (χ1) is 7.61. The van der Waals surface area contributed by atoms with Gasteiger partial charge in [0.1, 0.15) is 0 Å². The van der Waals surface area contributed by atoms with Crippen molar-refractivity contribution in [3.05, 3.63) is 42.8 Å². The Balaban J connectivity index is 2.04. The van der Waals surface area contributed by atoms with Gasteiger partial charge in [0.05, 0.1) is 12.2 Å². The maximum absolute atomic E-state index is 5.89. The van der Waals surface area contributed by atoms with Crippen LogP contribution in [0, 0.1) is 6.92 Å². The summed E-state index contributed by atoms with van der Waals surface area (Å²) >= 11 is 0.